The van der Waals surface area contributed by atoms with Gasteiger partial charge in [-0.15, -0.1) is 0 Å². The number of nitrogens with zero attached hydrogens (tertiary/aromatic N) is 4. The maximum atomic E-state index is 13.9. The molecule has 288 valence electrons. The quantitative estimate of drug-likeness (QED) is 0.135. The molecule has 0 aliphatic carbocycles. The van der Waals surface area contributed by atoms with E-state index in [0.717, 1.165) is 95.9 Å². The number of pyridine rings is 2. The Labute approximate surface area is 347 Å². The Morgan fingerprint density at radius 2 is 0.967 bits per heavy atom. The molecule has 0 saturated heterocycles. The van der Waals surface area contributed by atoms with Crippen molar-refractivity contribution in [2.75, 3.05) is 5.32 Å². The Hall–Kier alpha value is -7.97. The van der Waals surface area contributed by atoms with E-state index in [9.17, 15) is 4.79 Å². The number of H-pyrrole nitrogens is 2. The molecule has 3 aromatic carbocycles. The molecule has 8 nitrogen and oxygen atoms in total. The monoisotopic (exact) mass is 777 g/mol. The fraction of sp³-hybridized carbons (Fsp3) is 0.0577. The lowest BCUT2D eigenvalue weighted by Crippen LogP contribution is -2.12. The first kappa shape index (κ1) is 36.4. The Morgan fingerprint density at radius 3 is 1.52 bits per heavy atom. The second kappa shape index (κ2) is 16.1. The number of carbonyl (C=O) groups is 1. The number of rotatable bonds is 9. The van der Waals surface area contributed by atoms with Crippen molar-refractivity contribution < 1.29 is 4.79 Å². The molecule has 8 bridgehead atoms. The lowest BCUT2D eigenvalue weighted by Gasteiger charge is -2.08. The second-order valence-electron chi connectivity index (χ2n) is 14.8. The van der Waals surface area contributed by atoms with E-state index in [4.69, 9.17) is 9.97 Å². The molecule has 0 spiro atoms. The van der Waals surface area contributed by atoms with Crippen LogP contribution in [0.5, 0.6) is 0 Å². The molecule has 3 N–H and O–H groups in total. The van der Waals surface area contributed by atoms with Crippen LogP contribution in [0.25, 0.3) is 91.1 Å². The number of hydrogen-bond donors (Lipinski definition) is 3. The standard InChI is InChI=1S/C52H39N7O/c60-48(21-12-13-34-30-32-54-47(33-34)38-20-10-11-31-53-38)59-52-45-28-26-43(57-45)50(36-16-6-2-7-17-36)41-24-22-39(55-41)49(35-14-4-1-5-15-35)40-23-25-42(56-40)51(37-18-8-3-9-19-37)44-27-29-46(52)58-44/h1-11,14-20,22-33,55,58H,12-13,21H2,(H,59,60). The minimum Gasteiger partial charge on any atom is -0.354 e. The van der Waals surface area contributed by atoms with Gasteiger partial charge in [-0.25, -0.2) is 9.97 Å². The summed E-state index contributed by atoms with van der Waals surface area (Å²) in [5.74, 6) is -0.0982. The van der Waals surface area contributed by atoms with Crippen molar-refractivity contribution in [1.82, 2.24) is 29.9 Å². The van der Waals surface area contributed by atoms with E-state index in [1.807, 2.05) is 91.0 Å². The van der Waals surface area contributed by atoms with E-state index in [1.54, 1.807) is 12.4 Å². The summed E-state index contributed by atoms with van der Waals surface area (Å²) in [6.07, 6.45) is 13.5. The summed E-state index contributed by atoms with van der Waals surface area (Å²) in [5.41, 5.74) is 15.9. The number of hydrogen-bond acceptors (Lipinski definition) is 5. The number of aromatic amines is 2. The van der Waals surface area contributed by atoms with Gasteiger partial charge in [-0.05, 0) is 108 Å². The summed E-state index contributed by atoms with van der Waals surface area (Å²) in [5, 5.41) is 3.29. The summed E-state index contributed by atoms with van der Waals surface area (Å²) >= 11 is 0. The average Bonchev–Trinajstić information content (AvgIpc) is 4.15. The van der Waals surface area contributed by atoms with Gasteiger partial charge in [0.15, 0.2) is 0 Å². The van der Waals surface area contributed by atoms with Gasteiger partial charge < -0.3 is 15.3 Å². The minimum atomic E-state index is -0.0982. The molecule has 0 unspecified atom stereocenters. The number of anilines is 1. The van der Waals surface area contributed by atoms with Crippen molar-refractivity contribution in [3.8, 4) is 44.8 Å². The largest absolute Gasteiger partial charge is 0.354 e. The zero-order chi connectivity index (χ0) is 40.3. The molecule has 10 rings (SSSR count). The third-order valence-corrected chi connectivity index (χ3v) is 10.8. The van der Waals surface area contributed by atoms with Crippen molar-refractivity contribution in [2.24, 2.45) is 0 Å². The lowest BCUT2D eigenvalue weighted by molar-refractivity contribution is -0.116. The van der Waals surface area contributed by atoms with Gasteiger partial charge in [0.25, 0.3) is 0 Å². The van der Waals surface area contributed by atoms with Gasteiger partial charge in [0, 0.05) is 52.1 Å². The molecular formula is C52H39N7O. The smallest absolute Gasteiger partial charge is 0.224 e. The van der Waals surface area contributed by atoms with Gasteiger partial charge in [0.2, 0.25) is 5.91 Å². The minimum absolute atomic E-state index is 0.0982. The number of carbonyl (C=O) groups excluding carboxylic acids is 1. The predicted octanol–water partition coefficient (Wildman–Crippen LogP) is 12.1. The van der Waals surface area contributed by atoms with Crippen LogP contribution in [0.2, 0.25) is 0 Å². The number of nitrogens with one attached hydrogen (secondary N) is 3. The molecule has 0 fully saturated rings. The van der Waals surface area contributed by atoms with E-state index in [-0.39, 0.29) is 5.91 Å². The molecule has 1 amide bonds. The highest BCUT2D eigenvalue weighted by atomic mass is 16.1. The summed E-state index contributed by atoms with van der Waals surface area (Å²) in [6.45, 7) is 0. The predicted molar refractivity (Wildman–Crippen MR) is 244 cm³/mol. The summed E-state index contributed by atoms with van der Waals surface area (Å²) in [4.78, 5) is 41.0. The Balaban J connectivity index is 1.13. The van der Waals surface area contributed by atoms with Gasteiger partial charge >= 0.3 is 0 Å². The molecule has 0 saturated carbocycles. The molecule has 60 heavy (non-hydrogen) atoms. The third kappa shape index (κ3) is 7.34. The van der Waals surface area contributed by atoms with Crippen molar-refractivity contribution in [2.45, 2.75) is 19.3 Å². The first-order chi connectivity index (χ1) is 29.6. The van der Waals surface area contributed by atoms with Crippen LogP contribution in [0.1, 0.15) is 41.2 Å². The van der Waals surface area contributed by atoms with Gasteiger partial charge in [-0.3, -0.25) is 14.8 Å². The molecular weight excluding hydrogens is 739 g/mol. The van der Waals surface area contributed by atoms with E-state index in [0.29, 0.717) is 24.2 Å². The topological polar surface area (TPSA) is 112 Å². The first-order valence-corrected chi connectivity index (χ1v) is 20.1. The van der Waals surface area contributed by atoms with Crippen LogP contribution in [0, 0.1) is 0 Å². The molecule has 2 aliphatic rings. The number of aryl methyl sites for hydroxylation is 1. The van der Waals surface area contributed by atoms with Crippen LogP contribution in [0.3, 0.4) is 0 Å². The van der Waals surface area contributed by atoms with Gasteiger partial charge in [0.05, 0.1) is 45.4 Å². The molecule has 5 aromatic heterocycles. The van der Waals surface area contributed by atoms with Crippen molar-refractivity contribution in [1.29, 1.82) is 0 Å². The average molecular weight is 778 g/mol. The van der Waals surface area contributed by atoms with Gasteiger partial charge in [-0.2, -0.15) is 0 Å². The highest BCUT2D eigenvalue weighted by molar-refractivity contribution is 6.02. The molecule has 0 atom stereocenters. The lowest BCUT2D eigenvalue weighted by atomic mass is 10.0. The maximum Gasteiger partial charge on any atom is 0.224 e. The maximum absolute atomic E-state index is 13.9. The van der Waals surface area contributed by atoms with Crippen molar-refractivity contribution in [3.05, 3.63) is 186 Å². The fourth-order valence-corrected chi connectivity index (χ4v) is 8.00. The first-order valence-electron chi connectivity index (χ1n) is 20.1. The number of fused-ring (bicyclic) bond motifs is 8. The van der Waals surface area contributed by atoms with Crippen LogP contribution in [-0.2, 0) is 11.2 Å². The molecule has 8 aromatic rings. The summed E-state index contributed by atoms with van der Waals surface area (Å²) < 4.78 is 0. The Morgan fingerprint density at radius 1 is 0.483 bits per heavy atom. The zero-order valence-electron chi connectivity index (χ0n) is 32.6. The molecule has 7 heterocycles. The van der Waals surface area contributed by atoms with E-state index in [2.05, 4.69) is 104 Å². The SMILES string of the molecule is O=C(CCCc1ccnc(-c2ccccn2)c1)Nc1c2nc(c(-c3ccccc3)c3ccc([nH]3)c(-c3ccccc3)c3nc(c(-c4ccccc4)c4ccc1[nH]4)C=C3)C=C2. The zero-order valence-corrected chi connectivity index (χ0v) is 32.6. The van der Waals surface area contributed by atoms with Crippen molar-refractivity contribution >= 4 is 58.0 Å². The van der Waals surface area contributed by atoms with E-state index < -0.39 is 0 Å². The molecule has 8 heteroatoms. The Kier molecular flexibility index (Phi) is 9.77. The van der Waals surface area contributed by atoms with Crippen LogP contribution in [0.4, 0.5) is 5.69 Å². The summed E-state index contributed by atoms with van der Waals surface area (Å²) in [6, 6.07) is 49.1. The second-order valence-corrected chi connectivity index (χ2v) is 14.8. The van der Waals surface area contributed by atoms with Crippen LogP contribution in [0.15, 0.2) is 158 Å². The summed E-state index contributed by atoms with van der Waals surface area (Å²) in [7, 11) is 0. The van der Waals surface area contributed by atoms with Crippen LogP contribution >= 0.6 is 0 Å². The third-order valence-electron chi connectivity index (χ3n) is 10.8. The Bertz CT molecular complexity index is 3060. The van der Waals surface area contributed by atoms with Gasteiger partial charge in [-0.1, -0.05) is 97.1 Å². The van der Waals surface area contributed by atoms with Crippen LogP contribution < -0.4 is 5.32 Å². The normalized spacial score (nSPS) is 11.8. The van der Waals surface area contributed by atoms with E-state index in [1.165, 1.54) is 0 Å². The van der Waals surface area contributed by atoms with E-state index >= 15 is 0 Å². The number of amides is 1. The highest BCUT2D eigenvalue weighted by Gasteiger charge is 2.19. The fourth-order valence-electron chi connectivity index (χ4n) is 8.00. The van der Waals surface area contributed by atoms with Crippen LogP contribution in [-0.4, -0.2) is 35.8 Å². The molecule has 0 radical (unpaired) electrons. The number of benzene rings is 3. The van der Waals surface area contributed by atoms with Gasteiger partial charge in [0.1, 0.15) is 0 Å². The number of aromatic nitrogens is 6. The van der Waals surface area contributed by atoms with Crippen molar-refractivity contribution in [3.63, 3.8) is 0 Å². The highest BCUT2D eigenvalue weighted by Crippen LogP contribution is 2.37. The molecule has 2 aliphatic heterocycles.